The second-order valence-corrected chi connectivity index (χ2v) is 3.75. The summed E-state index contributed by atoms with van der Waals surface area (Å²) in [6.45, 7) is 2.62. The molecule has 17 heavy (non-hydrogen) atoms. The molecule has 0 amide bonds. The zero-order valence-corrected chi connectivity index (χ0v) is 9.97. The molecule has 0 spiro atoms. The number of nitrogens with zero attached hydrogens (tertiary/aromatic N) is 2. The third-order valence-corrected chi connectivity index (χ3v) is 2.36. The Labute approximate surface area is 101 Å². The van der Waals surface area contributed by atoms with Crippen molar-refractivity contribution in [3.8, 4) is 5.75 Å². The van der Waals surface area contributed by atoms with Crippen molar-refractivity contribution in [3.63, 3.8) is 0 Å². The molecule has 0 aliphatic rings. The molecule has 0 saturated carbocycles. The van der Waals surface area contributed by atoms with E-state index in [1.165, 1.54) is 0 Å². The lowest BCUT2D eigenvalue weighted by atomic mass is 10.2. The van der Waals surface area contributed by atoms with E-state index >= 15 is 0 Å². The number of anilines is 1. The molecule has 0 radical (unpaired) electrons. The van der Waals surface area contributed by atoms with Crippen LogP contribution in [0.2, 0.25) is 0 Å². The van der Waals surface area contributed by atoms with E-state index in [4.69, 9.17) is 4.74 Å². The first-order valence-electron chi connectivity index (χ1n) is 5.43. The number of rotatable bonds is 4. The Morgan fingerprint density at radius 2 is 2.18 bits per heavy atom. The third kappa shape index (κ3) is 3.17. The molecule has 2 aromatic rings. The van der Waals surface area contributed by atoms with Crippen molar-refractivity contribution in [2.24, 2.45) is 0 Å². The molecule has 1 aromatic heterocycles. The van der Waals surface area contributed by atoms with Gasteiger partial charge in [-0.2, -0.15) is 0 Å². The number of aryl methyl sites for hydroxylation is 1. The minimum Gasteiger partial charge on any atom is -0.497 e. The van der Waals surface area contributed by atoms with Crippen LogP contribution >= 0.6 is 0 Å². The highest BCUT2D eigenvalue weighted by Gasteiger charge is 1.98. The van der Waals surface area contributed by atoms with Crippen molar-refractivity contribution in [2.75, 3.05) is 12.4 Å². The van der Waals surface area contributed by atoms with Gasteiger partial charge in [0.15, 0.2) is 0 Å². The fraction of sp³-hybridized carbons (Fsp3) is 0.231. The predicted molar refractivity (Wildman–Crippen MR) is 67.1 cm³/mol. The van der Waals surface area contributed by atoms with Gasteiger partial charge in [0.1, 0.15) is 11.6 Å². The van der Waals surface area contributed by atoms with Crippen LogP contribution in [0.5, 0.6) is 5.75 Å². The third-order valence-electron chi connectivity index (χ3n) is 2.36. The Bertz CT molecular complexity index is 500. The fourth-order valence-electron chi connectivity index (χ4n) is 1.52. The van der Waals surface area contributed by atoms with Gasteiger partial charge in [0.05, 0.1) is 19.0 Å². The summed E-state index contributed by atoms with van der Waals surface area (Å²) in [7, 11) is 1.67. The molecule has 2 rings (SSSR count). The van der Waals surface area contributed by atoms with E-state index in [1.807, 2.05) is 31.2 Å². The van der Waals surface area contributed by atoms with Crippen molar-refractivity contribution >= 4 is 5.82 Å². The van der Waals surface area contributed by atoms with Gasteiger partial charge in [0.2, 0.25) is 0 Å². The molecule has 0 saturated heterocycles. The van der Waals surface area contributed by atoms with Gasteiger partial charge in [0, 0.05) is 12.7 Å². The van der Waals surface area contributed by atoms with Crippen molar-refractivity contribution in [2.45, 2.75) is 13.5 Å². The van der Waals surface area contributed by atoms with E-state index in [1.54, 1.807) is 19.5 Å². The van der Waals surface area contributed by atoms with Crippen LogP contribution < -0.4 is 10.1 Å². The van der Waals surface area contributed by atoms with Crippen LogP contribution in [0.3, 0.4) is 0 Å². The van der Waals surface area contributed by atoms with E-state index in [2.05, 4.69) is 15.3 Å². The average molecular weight is 229 g/mol. The molecule has 0 unspecified atom stereocenters. The molecule has 0 bridgehead atoms. The van der Waals surface area contributed by atoms with Gasteiger partial charge < -0.3 is 10.1 Å². The smallest absolute Gasteiger partial charge is 0.145 e. The minimum atomic E-state index is 0.704. The van der Waals surface area contributed by atoms with Gasteiger partial charge in [0.25, 0.3) is 0 Å². The summed E-state index contributed by atoms with van der Waals surface area (Å²) in [6.07, 6.45) is 3.45. The van der Waals surface area contributed by atoms with Crippen LogP contribution in [-0.4, -0.2) is 17.1 Å². The molecule has 0 fully saturated rings. The zero-order valence-electron chi connectivity index (χ0n) is 9.97. The summed E-state index contributed by atoms with van der Waals surface area (Å²) in [6, 6.07) is 7.93. The van der Waals surface area contributed by atoms with Crippen LogP contribution in [0.15, 0.2) is 36.7 Å². The van der Waals surface area contributed by atoms with Crippen LogP contribution in [0.25, 0.3) is 0 Å². The maximum Gasteiger partial charge on any atom is 0.145 e. The predicted octanol–water partition coefficient (Wildman–Crippen LogP) is 2.41. The molecule has 0 aliphatic carbocycles. The van der Waals surface area contributed by atoms with Crippen molar-refractivity contribution in [3.05, 3.63) is 47.9 Å². The van der Waals surface area contributed by atoms with Crippen molar-refractivity contribution in [1.82, 2.24) is 9.97 Å². The van der Waals surface area contributed by atoms with Gasteiger partial charge in [-0.05, 0) is 24.6 Å². The highest BCUT2D eigenvalue weighted by atomic mass is 16.5. The molecule has 4 heteroatoms. The first kappa shape index (κ1) is 11.4. The topological polar surface area (TPSA) is 47.0 Å². The summed E-state index contributed by atoms with van der Waals surface area (Å²) >= 11 is 0. The summed E-state index contributed by atoms with van der Waals surface area (Å²) in [5.41, 5.74) is 2.05. The Hall–Kier alpha value is -2.10. The van der Waals surface area contributed by atoms with Gasteiger partial charge in [-0.1, -0.05) is 12.1 Å². The second-order valence-electron chi connectivity index (χ2n) is 3.75. The van der Waals surface area contributed by atoms with Gasteiger partial charge in [-0.25, -0.2) is 4.98 Å². The monoisotopic (exact) mass is 229 g/mol. The summed E-state index contributed by atoms with van der Waals surface area (Å²) < 4.78 is 5.17. The number of hydrogen-bond acceptors (Lipinski definition) is 4. The Morgan fingerprint density at radius 3 is 2.94 bits per heavy atom. The molecule has 88 valence electrons. The van der Waals surface area contributed by atoms with Gasteiger partial charge >= 0.3 is 0 Å². The number of nitrogens with one attached hydrogen (secondary N) is 1. The Kier molecular flexibility index (Phi) is 3.55. The SMILES string of the molecule is COc1cccc(CNc2cncc(C)n2)c1. The highest BCUT2D eigenvalue weighted by molar-refractivity contribution is 5.35. The number of hydrogen-bond donors (Lipinski definition) is 1. The van der Waals surface area contributed by atoms with Crippen LogP contribution in [-0.2, 0) is 6.54 Å². The first-order chi connectivity index (χ1) is 8.28. The molecule has 1 heterocycles. The molecule has 1 aromatic carbocycles. The van der Waals surface area contributed by atoms with Gasteiger partial charge in [-0.15, -0.1) is 0 Å². The largest absolute Gasteiger partial charge is 0.497 e. The Morgan fingerprint density at radius 1 is 1.29 bits per heavy atom. The number of benzene rings is 1. The lowest BCUT2D eigenvalue weighted by Crippen LogP contribution is -2.02. The lowest BCUT2D eigenvalue weighted by Gasteiger charge is -2.07. The highest BCUT2D eigenvalue weighted by Crippen LogP contribution is 2.13. The van der Waals surface area contributed by atoms with E-state index in [0.717, 1.165) is 22.8 Å². The molecular formula is C13H15N3O. The summed E-state index contributed by atoms with van der Waals surface area (Å²) in [4.78, 5) is 8.41. The average Bonchev–Trinajstić information content (AvgIpc) is 2.37. The molecule has 4 nitrogen and oxygen atoms in total. The standard InChI is InChI=1S/C13H15N3O/c1-10-7-14-9-13(16-10)15-8-11-4-3-5-12(6-11)17-2/h3-7,9H,8H2,1-2H3,(H,15,16). The number of methoxy groups -OCH3 is 1. The second kappa shape index (κ2) is 5.30. The maximum absolute atomic E-state index is 5.17. The zero-order chi connectivity index (χ0) is 12.1. The van der Waals surface area contributed by atoms with Crippen molar-refractivity contribution < 1.29 is 4.74 Å². The van der Waals surface area contributed by atoms with Crippen LogP contribution in [0, 0.1) is 6.92 Å². The number of ether oxygens (including phenoxy) is 1. The molecule has 0 atom stereocenters. The van der Waals surface area contributed by atoms with Crippen LogP contribution in [0.4, 0.5) is 5.82 Å². The van der Waals surface area contributed by atoms with Crippen LogP contribution in [0.1, 0.15) is 11.3 Å². The first-order valence-corrected chi connectivity index (χ1v) is 5.43. The van der Waals surface area contributed by atoms with E-state index in [-0.39, 0.29) is 0 Å². The molecule has 0 aliphatic heterocycles. The normalized spacial score (nSPS) is 10.0. The fourth-order valence-corrected chi connectivity index (χ4v) is 1.52. The molecule has 1 N–H and O–H groups in total. The molecular weight excluding hydrogens is 214 g/mol. The van der Waals surface area contributed by atoms with Crippen molar-refractivity contribution in [1.29, 1.82) is 0 Å². The quantitative estimate of drug-likeness (QED) is 0.874. The summed E-state index contributed by atoms with van der Waals surface area (Å²) in [5.74, 6) is 1.65. The summed E-state index contributed by atoms with van der Waals surface area (Å²) in [5, 5.41) is 3.22. The Balaban J connectivity index is 2.02. The van der Waals surface area contributed by atoms with E-state index < -0.39 is 0 Å². The van der Waals surface area contributed by atoms with E-state index in [9.17, 15) is 0 Å². The minimum absolute atomic E-state index is 0.704. The van der Waals surface area contributed by atoms with Gasteiger partial charge in [-0.3, -0.25) is 4.98 Å². The van der Waals surface area contributed by atoms with E-state index in [0.29, 0.717) is 6.54 Å². The maximum atomic E-state index is 5.17. The number of aromatic nitrogens is 2. The lowest BCUT2D eigenvalue weighted by molar-refractivity contribution is 0.414.